The third-order valence-electron chi connectivity index (χ3n) is 7.69. The van der Waals surface area contributed by atoms with Crippen molar-refractivity contribution in [2.24, 2.45) is 5.73 Å². The van der Waals surface area contributed by atoms with E-state index in [9.17, 15) is 4.79 Å². The molecule has 0 aromatic carbocycles. The smallest absolute Gasteiger partial charge is 0.305 e. The summed E-state index contributed by atoms with van der Waals surface area (Å²) in [5.74, 6) is -0.111. The Hall–Kier alpha value is -0.870. The van der Waals surface area contributed by atoms with Gasteiger partial charge in [-0.15, -0.1) is 0 Å². The van der Waals surface area contributed by atoms with Gasteiger partial charge in [0.2, 0.25) is 0 Å². The first-order chi connectivity index (χ1) is 19.2. The van der Waals surface area contributed by atoms with E-state index in [1.165, 1.54) is 141 Å². The van der Waals surface area contributed by atoms with Crippen molar-refractivity contribution in [2.45, 2.75) is 187 Å². The number of esters is 1. The first-order valence-electron chi connectivity index (χ1n) is 17.4. The van der Waals surface area contributed by atoms with Crippen LogP contribution >= 0.6 is 0 Å². The fraction of sp³-hybridized carbons (Fsp3) is 0.914. The van der Waals surface area contributed by atoms with E-state index >= 15 is 0 Å². The van der Waals surface area contributed by atoms with E-state index in [1.54, 1.807) is 0 Å². The Morgan fingerprint density at radius 1 is 0.590 bits per heavy atom. The largest absolute Gasteiger partial charge is 0.463 e. The van der Waals surface area contributed by atoms with Crippen molar-refractivity contribution in [3.05, 3.63) is 12.2 Å². The molecule has 1 atom stereocenters. The Kier molecular flexibility index (Phi) is 32.6. The molecule has 0 aromatic rings. The summed E-state index contributed by atoms with van der Waals surface area (Å²) in [7, 11) is 0. The molecule has 2 N–H and O–H groups in total. The molecule has 232 valence electrons. The molecule has 0 radical (unpaired) electrons. The van der Waals surface area contributed by atoms with Gasteiger partial charge in [-0.3, -0.25) is 4.79 Å². The molecule has 39 heavy (non-hydrogen) atoms. The van der Waals surface area contributed by atoms with E-state index in [0.29, 0.717) is 26.2 Å². The van der Waals surface area contributed by atoms with Gasteiger partial charge in [0.1, 0.15) is 12.7 Å². The average Bonchev–Trinajstić information content (AvgIpc) is 2.95. The average molecular weight is 552 g/mol. The molecule has 4 nitrogen and oxygen atoms in total. The number of hydrogen-bond acceptors (Lipinski definition) is 4. The van der Waals surface area contributed by atoms with Crippen LogP contribution in [-0.2, 0) is 14.3 Å². The summed E-state index contributed by atoms with van der Waals surface area (Å²) in [6.07, 6.45) is 37.5. The van der Waals surface area contributed by atoms with Crippen molar-refractivity contribution >= 4 is 5.97 Å². The fourth-order valence-electron chi connectivity index (χ4n) is 4.98. The van der Waals surface area contributed by atoms with E-state index in [1.807, 2.05) is 0 Å². The number of carbonyl (C=O) groups is 1. The lowest BCUT2D eigenvalue weighted by atomic mass is 10.1. The third kappa shape index (κ3) is 31.5. The molecule has 0 aliphatic heterocycles. The van der Waals surface area contributed by atoms with Crippen LogP contribution in [0.1, 0.15) is 181 Å². The lowest BCUT2D eigenvalue weighted by Gasteiger charge is -2.16. The monoisotopic (exact) mass is 552 g/mol. The van der Waals surface area contributed by atoms with E-state index in [4.69, 9.17) is 15.2 Å². The maximum absolute atomic E-state index is 12.1. The van der Waals surface area contributed by atoms with Gasteiger partial charge < -0.3 is 15.2 Å². The number of rotatable bonds is 32. The highest BCUT2D eigenvalue weighted by Gasteiger charge is 2.11. The molecule has 0 rings (SSSR count). The number of nitrogens with two attached hydrogens (primary N) is 1. The highest BCUT2D eigenvalue weighted by Crippen LogP contribution is 2.13. The van der Waals surface area contributed by atoms with Crippen molar-refractivity contribution in [2.75, 3.05) is 19.8 Å². The van der Waals surface area contributed by atoms with Crippen LogP contribution in [0.2, 0.25) is 0 Å². The maximum atomic E-state index is 12.1. The van der Waals surface area contributed by atoms with Crippen LogP contribution < -0.4 is 5.73 Å². The summed E-state index contributed by atoms with van der Waals surface area (Å²) in [6.45, 7) is 5.95. The molecule has 1 unspecified atom stereocenters. The second kappa shape index (κ2) is 33.3. The number of allylic oxidation sites excluding steroid dienone is 2. The van der Waals surface area contributed by atoms with Gasteiger partial charge in [0.25, 0.3) is 0 Å². The van der Waals surface area contributed by atoms with Gasteiger partial charge in [-0.05, 0) is 38.5 Å². The van der Waals surface area contributed by atoms with E-state index in [0.717, 1.165) is 19.3 Å². The Labute approximate surface area is 244 Å². The molecule has 0 spiro atoms. The molecule has 0 saturated heterocycles. The molecule has 0 fully saturated rings. The Morgan fingerprint density at radius 2 is 1.00 bits per heavy atom. The molecule has 0 saturated carbocycles. The number of carbonyl (C=O) groups excluding carboxylic acids is 1. The Balaban J connectivity index is 3.43. The van der Waals surface area contributed by atoms with Crippen molar-refractivity contribution in [3.63, 3.8) is 0 Å². The topological polar surface area (TPSA) is 61.5 Å². The molecule has 0 aliphatic carbocycles. The molecular formula is C35H69NO3. The standard InChI is InChI=1S/C35H69NO3/c1-3-5-7-9-11-13-15-17-18-19-20-22-24-26-28-30-35(37)39-33-34(32-36)38-31-29-27-25-23-21-16-14-12-10-8-6-4-2/h17-18,34H,3-16,19-33,36H2,1-2H3. The maximum Gasteiger partial charge on any atom is 0.305 e. The second-order valence-electron chi connectivity index (χ2n) is 11.6. The van der Waals surface area contributed by atoms with Gasteiger partial charge in [-0.1, -0.05) is 148 Å². The molecule has 0 aliphatic rings. The number of unbranched alkanes of at least 4 members (excludes halogenated alkanes) is 22. The van der Waals surface area contributed by atoms with Crippen molar-refractivity contribution in [1.29, 1.82) is 0 Å². The SMILES string of the molecule is CCCCCCCCC=CCCCCCCCC(=O)OCC(CN)OCCCCCCCCCCCCCC. The van der Waals surface area contributed by atoms with Crippen LogP contribution in [0, 0.1) is 0 Å². The van der Waals surface area contributed by atoms with Gasteiger partial charge in [-0.2, -0.15) is 0 Å². The summed E-state index contributed by atoms with van der Waals surface area (Å²) in [5, 5.41) is 0. The van der Waals surface area contributed by atoms with Crippen LogP contribution in [-0.4, -0.2) is 31.8 Å². The van der Waals surface area contributed by atoms with Gasteiger partial charge >= 0.3 is 5.97 Å². The summed E-state index contributed by atoms with van der Waals surface area (Å²) in [6, 6.07) is 0. The summed E-state index contributed by atoms with van der Waals surface area (Å²) in [4.78, 5) is 12.1. The first kappa shape index (κ1) is 38.1. The van der Waals surface area contributed by atoms with Crippen molar-refractivity contribution in [3.8, 4) is 0 Å². The quantitative estimate of drug-likeness (QED) is 0.0513. The van der Waals surface area contributed by atoms with E-state index in [2.05, 4.69) is 26.0 Å². The predicted molar refractivity (Wildman–Crippen MR) is 170 cm³/mol. The predicted octanol–water partition coefficient (Wildman–Crippen LogP) is 10.6. The van der Waals surface area contributed by atoms with Crippen molar-refractivity contribution < 1.29 is 14.3 Å². The van der Waals surface area contributed by atoms with Crippen molar-refractivity contribution in [1.82, 2.24) is 0 Å². The molecule has 0 aromatic heterocycles. The minimum absolute atomic E-state index is 0.111. The van der Waals surface area contributed by atoms with Crippen LogP contribution in [0.25, 0.3) is 0 Å². The van der Waals surface area contributed by atoms with Gasteiger partial charge in [0.05, 0.1) is 0 Å². The zero-order chi connectivity index (χ0) is 28.5. The highest BCUT2D eigenvalue weighted by atomic mass is 16.6. The summed E-state index contributed by atoms with van der Waals surface area (Å²) < 4.78 is 11.3. The summed E-state index contributed by atoms with van der Waals surface area (Å²) >= 11 is 0. The van der Waals surface area contributed by atoms with Gasteiger partial charge in [-0.25, -0.2) is 0 Å². The number of hydrogen-bond donors (Lipinski definition) is 1. The van der Waals surface area contributed by atoms with Gasteiger partial charge in [0, 0.05) is 19.6 Å². The zero-order valence-corrected chi connectivity index (χ0v) is 26.5. The Bertz CT molecular complexity index is 508. The lowest BCUT2D eigenvalue weighted by molar-refractivity contribution is -0.147. The van der Waals surface area contributed by atoms with E-state index in [-0.39, 0.29) is 12.1 Å². The second-order valence-corrected chi connectivity index (χ2v) is 11.6. The number of ether oxygens (including phenoxy) is 2. The highest BCUT2D eigenvalue weighted by molar-refractivity contribution is 5.69. The molecular weight excluding hydrogens is 482 g/mol. The van der Waals surface area contributed by atoms with Crippen LogP contribution in [0.15, 0.2) is 12.2 Å². The van der Waals surface area contributed by atoms with Crippen LogP contribution in [0.5, 0.6) is 0 Å². The first-order valence-corrected chi connectivity index (χ1v) is 17.4. The van der Waals surface area contributed by atoms with Gasteiger partial charge in [0.15, 0.2) is 0 Å². The van der Waals surface area contributed by atoms with E-state index < -0.39 is 0 Å². The fourth-order valence-corrected chi connectivity index (χ4v) is 4.98. The molecule has 0 heterocycles. The zero-order valence-electron chi connectivity index (χ0n) is 26.5. The molecule has 0 bridgehead atoms. The van der Waals surface area contributed by atoms with Crippen LogP contribution in [0.4, 0.5) is 0 Å². The third-order valence-corrected chi connectivity index (χ3v) is 7.69. The lowest BCUT2D eigenvalue weighted by Crippen LogP contribution is -2.30. The Morgan fingerprint density at radius 3 is 1.46 bits per heavy atom. The molecule has 4 heteroatoms. The normalized spacial score (nSPS) is 12.4. The minimum Gasteiger partial charge on any atom is -0.463 e. The summed E-state index contributed by atoms with van der Waals surface area (Å²) in [5.41, 5.74) is 5.82. The molecule has 0 amide bonds. The minimum atomic E-state index is -0.171. The van der Waals surface area contributed by atoms with Crippen LogP contribution in [0.3, 0.4) is 0 Å².